The number of nitrogens with one attached hydrogen (secondary N) is 2. The summed E-state index contributed by atoms with van der Waals surface area (Å²) < 4.78 is 38.8. The van der Waals surface area contributed by atoms with Crippen LogP contribution in [-0.4, -0.2) is 27.5 Å². The third kappa shape index (κ3) is 5.84. The van der Waals surface area contributed by atoms with Gasteiger partial charge >= 0.3 is 0 Å². The van der Waals surface area contributed by atoms with Gasteiger partial charge in [-0.25, -0.2) is 8.42 Å². The van der Waals surface area contributed by atoms with Crippen molar-refractivity contribution in [3.8, 4) is 17.2 Å². The molecule has 1 aromatic heterocycles. The molecule has 2 aromatic carbocycles. The maximum Gasteiger partial charge on any atom is 0.250 e. The molecule has 0 bridgehead atoms. The van der Waals surface area contributed by atoms with Gasteiger partial charge in [-0.2, -0.15) is 4.72 Å². The number of carbonyl (C=O) groups is 1. The Morgan fingerprint density at radius 2 is 1.65 bits per heavy atom. The number of amides is 1. The van der Waals surface area contributed by atoms with Gasteiger partial charge in [0.15, 0.2) is 11.5 Å². The van der Waals surface area contributed by atoms with Crippen LogP contribution in [0.15, 0.2) is 70.3 Å². The average Bonchev–Trinajstić information content (AvgIpc) is 3.30. The van der Waals surface area contributed by atoms with Crippen molar-refractivity contribution in [1.29, 1.82) is 0 Å². The molecule has 0 saturated carbocycles. The largest absolute Gasteiger partial charge is 0.493 e. The molecule has 0 aliphatic rings. The van der Waals surface area contributed by atoms with Crippen molar-refractivity contribution >= 4 is 33.0 Å². The molecule has 164 valence electrons. The molecule has 0 radical (unpaired) electrons. The Kier molecular flexibility index (Phi) is 7.32. The first kappa shape index (κ1) is 22.8. The van der Waals surface area contributed by atoms with E-state index in [9.17, 15) is 13.2 Å². The standard InChI is InChI=1S/C22H24N2O5S2/c1-15(2)21(24-31(26,27)20-9-6-14-30-20)22(25)23-16-10-12-17(13-11-16)29-19-8-5-4-7-18(19)28-3/h4-15,21,24H,1-3H3,(H,23,25)/t21-/m0/s1. The minimum Gasteiger partial charge on any atom is -0.493 e. The predicted molar refractivity (Wildman–Crippen MR) is 121 cm³/mol. The first-order chi connectivity index (χ1) is 14.8. The quantitative estimate of drug-likeness (QED) is 0.491. The zero-order valence-corrected chi connectivity index (χ0v) is 19.0. The number of thiophene rings is 1. The molecule has 9 heteroatoms. The van der Waals surface area contributed by atoms with Crippen LogP contribution in [0.2, 0.25) is 0 Å². The number of methoxy groups -OCH3 is 1. The Balaban J connectivity index is 1.68. The Morgan fingerprint density at radius 1 is 0.968 bits per heavy atom. The van der Waals surface area contributed by atoms with E-state index in [-0.39, 0.29) is 10.1 Å². The van der Waals surface area contributed by atoms with Gasteiger partial charge in [0.1, 0.15) is 16.0 Å². The third-order valence-electron chi connectivity index (χ3n) is 4.41. The van der Waals surface area contributed by atoms with E-state index in [1.54, 1.807) is 68.8 Å². The first-order valence-corrected chi connectivity index (χ1v) is 11.9. The second kappa shape index (κ2) is 9.95. The van der Waals surface area contributed by atoms with Gasteiger partial charge in [0.2, 0.25) is 5.91 Å². The van der Waals surface area contributed by atoms with Crippen LogP contribution in [0.3, 0.4) is 0 Å². The maximum atomic E-state index is 12.8. The first-order valence-electron chi connectivity index (χ1n) is 9.58. The highest BCUT2D eigenvalue weighted by Gasteiger charge is 2.29. The van der Waals surface area contributed by atoms with E-state index < -0.39 is 22.0 Å². The van der Waals surface area contributed by atoms with E-state index >= 15 is 0 Å². The molecular weight excluding hydrogens is 436 g/mol. The number of sulfonamides is 1. The van der Waals surface area contributed by atoms with E-state index in [0.29, 0.717) is 22.9 Å². The molecule has 0 aliphatic heterocycles. The fourth-order valence-corrected chi connectivity index (χ4v) is 5.14. The predicted octanol–water partition coefficient (Wildman–Crippen LogP) is 4.49. The van der Waals surface area contributed by atoms with Crippen LogP contribution in [0.25, 0.3) is 0 Å². The number of benzene rings is 2. The topological polar surface area (TPSA) is 93.7 Å². The normalized spacial score (nSPS) is 12.4. The number of carbonyl (C=O) groups excluding carboxylic acids is 1. The molecule has 0 fully saturated rings. The van der Waals surface area contributed by atoms with Crippen molar-refractivity contribution in [2.45, 2.75) is 24.1 Å². The third-order valence-corrected chi connectivity index (χ3v) is 7.25. The van der Waals surface area contributed by atoms with Crippen molar-refractivity contribution in [1.82, 2.24) is 4.72 Å². The van der Waals surface area contributed by atoms with Crippen LogP contribution in [0, 0.1) is 5.92 Å². The van der Waals surface area contributed by atoms with Gasteiger partial charge in [0, 0.05) is 5.69 Å². The van der Waals surface area contributed by atoms with Gasteiger partial charge in [-0.15, -0.1) is 11.3 Å². The maximum absolute atomic E-state index is 12.8. The molecule has 7 nitrogen and oxygen atoms in total. The molecule has 2 N–H and O–H groups in total. The SMILES string of the molecule is COc1ccccc1Oc1ccc(NC(=O)[C@@H](NS(=O)(=O)c2cccs2)C(C)C)cc1. The van der Waals surface area contributed by atoms with Gasteiger partial charge in [-0.3, -0.25) is 4.79 Å². The molecule has 3 rings (SSSR count). The fraction of sp³-hybridized carbons (Fsp3) is 0.227. The highest BCUT2D eigenvalue weighted by atomic mass is 32.2. The van der Waals surface area contributed by atoms with Gasteiger partial charge in [-0.1, -0.05) is 32.0 Å². The van der Waals surface area contributed by atoms with Crippen LogP contribution in [0.1, 0.15) is 13.8 Å². The number of rotatable bonds is 9. The number of hydrogen-bond acceptors (Lipinski definition) is 6. The molecular formula is C22H24N2O5S2. The zero-order valence-electron chi connectivity index (χ0n) is 17.4. The average molecular weight is 461 g/mol. The highest BCUT2D eigenvalue weighted by molar-refractivity contribution is 7.91. The van der Waals surface area contributed by atoms with Crippen molar-refractivity contribution in [3.63, 3.8) is 0 Å². The smallest absolute Gasteiger partial charge is 0.250 e. The van der Waals surface area contributed by atoms with Gasteiger partial charge in [0.25, 0.3) is 10.0 Å². The van der Waals surface area contributed by atoms with Crippen molar-refractivity contribution in [2.75, 3.05) is 12.4 Å². The summed E-state index contributed by atoms with van der Waals surface area (Å²) in [6.07, 6.45) is 0. The molecule has 0 unspecified atom stereocenters. The van der Waals surface area contributed by atoms with Crippen molar-refractivity contribution < 1.29 is 22.7 Å². The summed E-state index contributed by atoms with van der Waals surface area (Å²) in [7, 11) is -2.20. The molecule has 0 aliphatic carbocycles. The minimum absolute atomic E-state index is 0.170. The molecule has 1 heterocycles. The Morgan fingerprint density at radius 3 is 2.23 bits per heavy atom. The molecule has 1 amide bonds. The van der Waals surface area contributed by atoms with Crippen LogP contribution in [0.4, 0.5) is 5.69 Å². The number of anilines is 1. The summed E-state index contributed by atoms with van der Waals surface area (Å²) in [5.74, 6) is 1.07. The van der Waals surface area contributed by atoms with E-state index in [4.69, 9.17) is 9.47 Å². The van der Waals surface area contributed by atoms with Gasteiger partial charge < -0.3 is 14.8 Å². The van der Waals surface area contributed by atoms with Crippen molar-refractivity contribution in [2.24, 2.45) is 5.92 Å². The zero-order chi connectivity index (χ0) is 22.4. The number of hydrogen-bond donors (Lipinski definition) is 2. The second-order valence-electron chi connectivity index (χ2n) is 7.04. The van der Waals surface area contributed by atoms with Crippen LogP contribution < -0.4 is 19.5 Å². The van der Waals surface area contributed by atoms with Crippen LogP contribution in [-0.2, 0) is 14.8 Å². The van der Waals surface area contributed by atoms with E-state index in [1.807, 2.05) is 12.1 Å². The van der Waals surface area contributed by atoms with E-state index in [0.717, 1.165) is 11.3 Å². The van der Waals surface area contributed by atoms with E-state index in [2.05, 4.69) is 10.0 Å². The molecule has 31 heavy (non-hydrogen) atoms. The fourth-order valence-electron chi connectivity index (χ4n) is 2.79. The van der Waals surface area contributed by atoms with Crippen LogP contribution >= 0.6 is 11.3 Å². The summed E-state index contributed by atoms with van der Waals surface area (Å²) in [5, 5.41) is 4.44. The second-order valence-corrected chi connectivity index (χ2v) is 9.93. The minimum atomic E-state index is -3.77. The van der Waals surface area contributed by atoms with Crippen LogP contribution in [0.5, 0.6) is 17.2 Å². The molecule has 1 atom stereocenters. The molecule has 3 aromatic rings. The summed E-state index contributed by atoms with van der Waals surface area (Å²) >= 11 is 1.10. The van der Waals surface area contributed by atoms with E-state index in [1.165, 1.54) is 6.07 Å². The molecule has 0 saturated heterocycles. The summed E-state index contributed by atoms with van der Waals surface area (Å²) in [4.78, 5) is 12.8. The Bertz CT molecular complexity index is 1110. The lowest BCUT2D eigenvalue weighted by Gasteiger charge is -2.21. The summed E-state index contributed by atoms with van der Waals surface area (Å²) in [6, 6.07) is 16.3. The lowest BCUT2D eigenvalue weighted by atomic mass is 10.0. The lowest BCUT2D eigenvalue weighted by molar-refractivity contribution is -0.118. The molecule has 0 spiro atoms. The summed E-state index contributed by atoms with van der Waals surface area (Å²) in [6.45, 7) is 3.57. The summed E-state index contributed by atoms with van der Waals surface area (Å²) in [5.41, 5.74) is 0.526. The number of ether oxygens (including phenoxy) is 2. The van der Waals surface area contributed by atoms with Crippen molar-refractivity contribution in [3.05, 3.63) is 66.0 Å². The monoisotopic (exact) mass is 460 g/mol. The number of para-hydroxylation sites is 2. The van der Waals surface area contributed by atoms with Gasteiger partial charge in [-0.05, 0) is 53.8 Å². The lowest BCUT2D eigenvalue weighted by Crippen LogP contribution is -2.46. The Labute approximate surface area is 186 Å². The highest BCUT2D eigenvalue weighted by Crippen LogP contribution is 2.31. The Hall–Kier alpha value is -2.88. The van der Waals surface area contributed by atoms with Gasteiger partial charge in [0.05, 0.1) is 7.11 Å².